The van der Waals surface area contributed by atoms with E-state index >= 15 is 0 Å². The van der Waals surface area contributed by atoms with Gasteiger partial charge in [0.1, 0.15) is 5.75 Å². The molecular formula is C9H10Cl2O. The van der Waals surface area contributed by atoms with Gasteiger partial charge in [0.25, 0.3) is 4.52 Å². The first-order valence-corrected chi connectivity index (χ1v) is 4.36. The van der Waals surface area contributed by atoms with Crippen LogP contribution in [0.4, 0.5) is 0 Å². The molecule has 12 heavy (non-hydrogen) atoms. The van der Waals surface area contributed by atoms with Crippen LogP contribution in [0.1, 0.15) is 12.5 Å². The third-order valence-corrected chi connectivity index (χ3v) is 1.47. The minimum atomic E-state index is -1.16. The van der Waals surface area contributed by atoms with Crippen LogP contribution in [0.2, 0.25) is 0 Å². The summed E-state index contributed by atoms with van der Waals surface area (Å²) >= 11 is 11.3. The predicted octanol–water partition coefficient (Wildman–Crippen LogP) is 3.53. The van der Waals surface area contributed by atoms with Crippen LogP contribution < -0.4 is 4.74 Å². The van der Waals surface area contributed by atoms with Crippen LogP contribution in [0.25, 0.3) is 0 Å². The predicted molar refractivity (Wildman–Crippen MR) is 51.9 cm³/mol. The monoisotopic (exact) mass is 204 g/mol. The van der Waals surface area contributed by atoms with Gasteiger partial charge < -0.3 is 4.74 Å². The van der Waals surface area contributed by atoms with Crippen LogP contribution >= 0.6 is 23.2 Å². The molecular weight excluding hydrogens is 195 g/mol. The maximum absolute atomic E-state index is 5.65. The van der Waals surface area contributed by atoms with Gasteiger partial charge in [-0.05, 0) is 19.1 Å². The summed E-state index contributed by atoms with van der Waals surface area (Å²) in [4.78, 5) is 0. The zero-order valence-electron chi connectivity index (χ0n) is 6.97. The molecule has 0 spiro atoms. The molecule has 0 fully saturated rings. The summed E-state index contributed by atoms with van der Waals surface area (Å²) in [5.41, 5.74) is 1.17. The Kier molecular flexibility index (Phi) is 2.86. The van der Waals surface area contributed by atoms with E-state index in [1.54, 1.807) is 6.92 Å². The molecule has 0 saturated heterocycles. The van der Waals surface area contributed by atoms with Crippen LogP contribution in [0, 0.1) is 6.92 Å². The molecule has 0 saturated carbocycles. The van der Waals surface area contributed by atoms with Gasteiger partial charge >= 0.3 is 0 Å². The number of hydrogen-bond donors (Lipinski definition) is 0. The molecule has 1 rings (SSSR count). The first-order chi connectivity index (χ1) is 5.47. The van der Waals surface area contributed by atoms with Gasteiger partial charge in [-0.2, -0.15) is 0 Å². The van der Waals surface area contributed by atoms with Crippen molar-refractivity contribution >= 4 is 23.2 Å². The van der Waals surface area contributed by atoms with E-state index < -0.39 is 4.52 Å². The molecule has 0 atom stereocenters. The van der Waals surface area contributed by atoms with Gasteiger partial charge in [0, 0.05) is 6.92 Å². The molecule has 0 heterocycles. The molecule has 0 aliphatic rings. The van der Waals surface area contributed by atoms with Gasteiger partial charge in [-0.3, -0.25) is 0 Å². The second kappa shape index (κ2) is 3.55. The fraction of sp³-hybridized carbons (Fsp3) is 0.333. The Balaban J connectivity index is 2.71. The first-order valence-electron chi connectivity index (χ1n) is 3.61. The van der Waals surface area contributed by atoms with Crippen molar-refractivity contribution in [2.24, 2.45) is 0 Å². The van der Waals surface area contributed by atoms with E-state index in [1.165, 1.54) is 5.56 Å². The lowest BCUT2D eigenvalue weighted by molar-refractivity contribution is 0.262. The molecule has 3 heteroatoms. The number of halogens is 2. The molecule has 1 nitrogen and oxygen atoms in total. The summed E-state index contributed by atoms with van der Waals surface area (Å²) in [7, 11) is 0. The molecule has 66 valence electrons. The Morgan fingerprint density at radius 1 is 1.17 bits per heavy atom. The standard InChI is InChI=1S/C9H10Cl2O/c1-7-3-5-8(6-4-7)12-9(2,10)11/h3-6H,1-2H3. The summed E-state index contributed by atoms with van der Waals surface area (Å²) in [5, 5.41) is 0. The van der Waals surface area contributed by atoms with Crippen molar-refractivity contribution in [3.8, 4) is 5.75 Å². The molecule has 0 amide bonds. The number of alkyl halides is 2. The second-order valence-electron chi connectivity index (χ2n) is 2.72. The number of rotatable bonds is 2. The van der Waals surface area contributed by atoms with Crippen molar-refractivity contribution in [2.45, 2.75) is 18.4 Å². The zero-order valence-corrected chi connectivity index (χ0v) is 8.49. The van der Waals surface area contributed by atoms with E-state index in [-0.39, 0.29) is 0 Å². The molecule has 1 aromatic rings. The molecule has 0 radical (unpaired) electrons. The highest BCUT2D eigenvalue weighted by atomic mass is 35.5. The molecule has 0 unspecified atom stereocenters. The molecule has 0 N–H and O–H groups in total. The fourth-order valence-electron chi connectivity index (χ4n) is 0.813. The summed E-state index contributed by atoms with van der Waals surface area (Å²) in [6.07, 6.45) is 0. The van der Waals surface area contributed by atoms with Gasteiger partial charge in [0.15, 0.2) is 0 Å². The summed E-state index contributed by atoms with van der Waals surface area (Å²) < 4.78 is 4.03. The van der Waals surface area contributed by atoms with Gasteiger partial charge in [-0.15, -0.1) is 0 Å². The van der Waals surface area contributed by atoms with E-state index in [1.807, 2.05) is 31.2 Å². The van der Waals surface area contributed by atoms with Gasteiger partial charge in [0.2, 0.25) is 0 Å². The fourth-order valence-corrected chi connectivity index (χ4v) is 0.991. The summed E-state index contributed by atoms with van der Waals surface area (Å²) in [5.74, 6) is 0.674. The largest absolute Gasteiger partial charge is 0.458 e. The normalized spacial score (nSPS) is 11.3. The molecule has 0 aliphatic heterocycles. The van der Waals surface area contributed by atoms with Crippen LogP contribution in [-0.4, -0.2) is 4.52 Å². The van der Waals surface area contributed by atoms with Crippen molar-refractivity contribution in [3.05, 3.63) is 29.8 Å². The van der Waals surface area contributed by atoms with Crippen molar-refractivity contribution in [3.63, 3.8) is 0 Å². The highest BCUT2D eigenvalue weighted by molar-refractivity contribution is 6.47. The van der Waals surface area contributed by atoms with Crippen molar-refractivity contribution < 1.29 is 4.74 Å². The lowest BCUT2D eigenvalue weighted by Gasteiger charge is -2.15. The van der Waals surface area contributed by atoms with E-state index in [4.69, 9.17) is 27.9 Å². The Labute approximate surface area is 82.2 Å². The first kappa shape index (κ1) is 9.69. The maximum atomic E-state index is 5.65. The minimum Gasteiger partial charge on any atom is -0.458 e. The van der Waals surface area contributed by atoms with Gasteiger partial charge in [-0.1, -0.05) is 40.9 Å². The Morgan fingerprint density at radius 2 is 1.67 bits per heavy atom. The summed E-state index contributed by atoms with van der Waals surface area (Å²) in [6.45, 7) is 3.58. The van der Waals surface area contributed by atoms with Crippen LogP contribution in [0.5, 0.6) is 5.75 Å². The van der Waals surface area contributed by atoms with E-state index in [0.29, 0.717) is 5.75 Å². The number of aryl methyl sites for hydroxylation is 1. The van der Waals surface area contributed by atoms with Gasteiger partial charge in [0.05, 0.1) is 0 Å². The third kappa shape index (κ3) is 3.33. The SMILES string of the molecule is Cc1ccc(OC(C)(Cl)Cl)cc1. The Bertz CT molecular complexity index is 248. The number of hydrogen-bond acceptors (Lipinski definition) is 1. The Morgan fingerprint density at radius 3 is 2.08 bits per heavy atom. The Hall–Kier alpha value is -0.400. The third-order valence-electron chi connectivity index (χ3n) is 1.32. The lowest BCUT2D eigenvalue weighted by atomic mass is 10.2. The number of ether oxygens (including phenoxy) is 1. The number of benzene rings is 1. The quantitative estimate of drug-likeness (QED) is 0.671. The second-order valence-corrected chi connectivity index (χ2v) is 4.36. The molecule has 0 bridgehead atoms. The highest BCUT2D eigenvalue weighted by Gasteiger charge is 2.17. The molecule has 0 aliphatic carbocycles. The molecule has 1 aromatic carbocycles. The zero-order chi connectivity index (χ0) is 9.19. The van der Waals surface area contributed by atoms with Crippen LogP contribution in [0.15, 0.2) is 24.3 Å². The summed E-state index contributed by atoms with van der Waals surface area (Å²) in [6, 6.07) is 7.54. The van der Waals surface area contributed by atoms with Crippen molar-refractivity contribution in [2.75, 3.05) is 0 Å². The topological polar surface area (TPSA) is 9.23 Å². The minimum absolute atomic E-state index is 0.674. The average molecular weight is 205 g/mol. The maximum Gasteiger partial charge on any atom is 0.255 e. The van der Waals surface area contributed by atoms with Crippen molar-refractivity contribution in [1.29, 1.82) is 0 Å². The van der Waals surface area contributed by atoms with Crippen molar-refractivity contribution in [1.82, 2.24) is 0 Å². The van der Waals surface area contributed by atoms with Gasteiger partial charge in [-0.25, -0.2) is 0 Å². The molecule has 0 aromatic heterocycles. The van der Waals surface area contributed by atoms with Crippen LogP contribution in [-0.2, 0) is 0 Å². The lowest BCUT2D eigenvalue weighted by Crippen LogP contribution is -2.15. The van der Waals surface area contributed by atoms with E-state index in [0.717, 1.165) is 0 Å². The van der Waals surface area contributed by atoms with E-state index in [2.05, 4.69) is 0 Å². The smallest absolute Gasteiger partial charge is 0.255 e. The van der Waals surface area contributed by atoms with Crippen LogP contribution in [0.3, 0.4) is 0 Å². The average Bonchev–Trinajstić information content (AvgIpc) is 1.91. The van der Waals surface area contributed by atoms with E-state index in [9.17, 15) is 0 Å². The highest BCUT2D eigenvalue weighted by Crippen LogP contribution is 2.25.